The van der Waals surface area contributed by atoms with Crippen LogP contribution in [0.2, 0.25) is 0 Å². The number of carbonyl (C=O) groups excluding carboxylic acids is 2. The first kappa shape index (κ1) is 16.9. The molecule has 0 saturated heterocycles. The molecule has 0 atom stereocenters. The first-order valence-corrected chi connectivity index (χ1v) is 6.81. The van der Waals surface area contributed by atoms with Crippen LogP contribution in [0.4, 0.5) is 4.79 Å². The number of nitrogens with zero attached hydrogens (tertiary/aromatic N) is 1. The third-order valence-corrected chi connectivity index (χ3v) is 2.25. The molecule has 1 heterocycles. The van der Waals surface area contributed by atoms with Crippen molar-refractivity contribution in [2.45, 2.75) is 52.9 Å². The van der Waals surface area contributed by atoms with E-state index in [1.54, 1.807) is 52.9 Å². The van der Waals surface area contributed by atoms with E-state index in [1.165, 1.54) is 0 Å². The van der Waals surface area contributed by atoms with Crippen molar-refractivity contribution in [3.05, 3.63) is 29.6 Å². The quantitative estimate of drug-likeness (QED) is 0.864. The van der Waals surface area contributed by atoms with Crippen LogP contribution in [0.25, 0.3) is 0 Å². The monoisotopic (exact) mass is 294 g/mol. The van der Waals surface area contributed by atoms with Crippen molar-refractivity contribution in [1.82, 2.24) is 10.3 Å². The number of esters is 1. The first-order valence-electron chi connectivity index (χ1n) is 6.81. The summed E-state index contributed by atoms with van der Waals surface area (Å²) >= 11 is 0. The van der Waals surface area contributed by atoms with Gasteiger partial charge in [-0.2, -0.15) is 0 Å². The Labute approximate surface area is 124 Å². The molecule has 0 fully saturated rings. The summed E-state index contributed by atoms with van der Waals surface area (Å²) in [7, 11) is 0. The maximum Gasteiger partial charge on any atom is 0.407 e. The Hall–Kier alpha value is -2.11. The number of rotatable bonds is 4. The van der Waals surface area contributed by atoms with E-state index >= 15 is 0 Å². The molecule has 0 aliphatic rings. The van der Waals surface area contributed by atoms with Crippen molar-refractivity contribution in [3.8, 4) is 0 Å². The molecule has 21 heavy (non-hydrogen) atoms. The molecule has 6 heteroatoms. The van der Waals surface area contributed by atoms with Crippen LogP contribution in [-0.2, 0) is 16.0 Å². The SMILES string of the molecule is CC(C)OC(=O)c1cccnc1CNC(=O)OC(C)(C)C. The molecule has 0 spiro atoms. The van der Waals surface area contributed by atoms with Gasteiger partial charge in [0, 0.05) is 6.20 Å². The van der Waals surface area contributed by atoms with Crippen molar-refractivity contribution < 1.29 is 19.1 Å². The van der Waals surface area contributed by atoms with Gasteiger partial charge in [0.25, 0.3) is 0 Å². The van der Waals surface area contributed by atoms with Gasteiger partial charge in [0.15, 0.2) is 0 Å². The van der Waals surface area contributed by atoms with Crippen LogP contribution in [0.1, 0.15) is 50.7 Å². The maximum atomic E-state index is 11.9. The highest BCUT2D eigenvalue weighted by molar-refractivity contribution is 5.90. The molecule has 6 nitrogen and oxygen atoms in total. The number of ether oxygens (including phenoxy) is 2. The number of amides is 1. The predicted octanol–water partition coefficient (Wildman–Crippen LogP) is 2.67. The molecule has 1 aromatic heterocycles. The van der Waals surface area contributed by atoms with Gasteiger partial charge >= 0.3 is 12.1 Å². The van der Waals surface area contributed by atoms with Crippen LogP contribution in [-0.4, -0.2) is 28.8 Å². The number of nitrogens with one attached hydrogen (secondary N) is 1. The molecule has 0 radical (unpaired) electrons. The Morgan fingerprint density at radius 2 is 2.00 bits per heavy atom. The predicted molar refractivity (Wildman–Crippen MR) is 77.9 cm³/mol. The van der Waals surface area contributed by atoms with Gasteiger partial charge < -0.3 is 14.8 Å². The highest BCUT2D eigenvalue weighted by Crippen LogP contribution is 2.10. The molecular formula is C15H22N2O4. The van der Waals surface area contributed by atoms with E-state index in [0.29, 0.717) is 11.3 Å². The molecule has 0 aliphatic heterocycles. The van der Waals surface area contributed by atoms with Gasteiger partial charge in [0.05, 0.1) is 23.9 Å². The van der Waals surface area contributed by atoms with E-state index in [0.717, 1.165) is 0 Å². The number of aromatic nitrogens is 1. The second-order valence-corrected chi connectivity index (χ2v) is 5.81. The van der Waals surface area contributed by atoms with Crippen molar-refractivity contribution in [3.63, 3.8) is 0 Å². The maximum absolute atomic E-state index is 11.9. The third-order valence-electron chi connectivity index (χ3n) is 2.25. The van der Waals surface area contributed by atoms with Crippen LogP contribution >= 0.6 is 0 Å². The van der Waals surface area contributed by atoms with E-state index < -0.39 is 17.7 Å². The molecule has 0 aliphatic carbocycles. The van der Waals surface area contributed by atoms with E-state index in [4.69, 9.17) is 9.47 Å². The lowest BCUT2D eigenvalue weighted by atomic mass is 10.2. The van der Waals surface area contributed by atoms with Crippen LogP contribution in [0.5, 0.6) is 0 Å². The second-order valence-electron chi connectivity index (χ2n) is 5.81. The van der Waals surface area contributed by atoms with Gasteiger partial charge in [0.1, 0.15) is 5.60 Å². The van der Waals surface area contributed by atoms with E-state index in [2.05, 4.69) is 10.3 Å². The second kappa shape index (κ2) is 7.06. The first-order chi connectivity index (χ1) is 9.69. The summed E-state index contributed by atoms with van der Waals surface area (Å²) in [6.07, 6.45) is 0.777. The van der Waals surface area contributed by atoms with Gasteiger partial charge in [0.2, 0.25) is 0 Å². The lowest BCUT2D eigenvalue weighted by Crippen LogP contribution is -2.32. The minimum atomic E-state index is -0.576. The Morgan fingerprint density at radius 3 is 2.57 bits per heavy atom. The molecule has 116 valence electrons. The van der Waals surface area contributed by atoms with E-state index in [-0.39, 0.29) is 12.6 Å². The van der Waals surface area contributed by atoms with Gasteiger partial charge in [-0.05, 0) is 46.8 Å². The molecule has 1 amide bonds. The number of carbonyl (C=O) groups is 2. The highest BCUT2D eigenvalue weighted by Gasteiger charge is 2.18. The lowest BCUT2D eigenvalue weighted by molar-refractivity contribution is 0.0372. The summed E-state index contributed by atoms with van der Waals surface area (Å²) in [6.45, 7) is 8.97. The summed E-state index contributed by atoms with van der Waals surface area (Å²) in [4.78, 5) is 27.7. The van der Waals surface area contributed by atoms with E-state index in [9.17, 15) is 9.59 Å². The zero-order chi connectivity index (χ0) is 16.0. The Balaban J connectivity index is 2.72. The molecule has 1 aromatic rings. The summed E-state index contributed by atoms with van der Waals surface area (Å²) in [5.41, 5.74) is 0.199. The van der Waals surface area contributed by atoms with Crippen LogP contribution < -0.4 is 5.32 Å². The average molecular weight is 294 g/mol. The molecule has 0 saturated carbocycles. The fourth-order valence-corrected chi connectivity index (χ4v) is 1.51. The van der Waals surface area contributed by atoms with Gasteiger partial charge in [-0.25, -0.2) is 9.59 Å². The zero-order valence-electron chi connectivity index (χ0n) is 13.1. The summed E-state index contributed by atoms with van der Waals surface area (Å²) < 4.78 is 10.3. The summed E-state index contributed by atoms with van der Waals surface area (Å²) in [6, 6.07) is 3.26. The van der Waals surface area contributed by atoms with E-state index in [1.807, 2.05) is 0 Å². The summed E-state index contributed by atoms with van der Waals surface area (Å²) in [5, 5.41) is 2.57. The van der Waals surface area contributed by atoms with Crippen LogP contribution in [0, 0.1) is 0 Å². The number of alkyl carbamates (subject to hydrolysis) is 1. The lowest BCUT2D eigenvalue weighted by Gasteiger charge is -2.19. The molecule has 1 rings (SSSR count). The molecule has 0 unspecified atom stereocenters. The minimum Gasteiger partial charge on any atom is -0.459 e. The fourth-order valence-electron chi connectivity index (χ4n) is 1.51. The van der Waals surface area contributed by atoms with Gasteiger partial charge in [-0.15, -0.1) is 0 Å². The average Bonchev–Trinajstić information content (AvgIpc) is 2.33. The Kier molecular flexibility index (Phi) is 5.69. The van der Waals surface area contributed by atoms with Crippen molar-refractivity contribution in [1.29, 1.82) is 0 Å². The standard InChI is InChI=1S/C15H22N2O4/c1-10(2)20-13(18)11-7-6-8-16-12(11)9-17-14(19)21-15(3,4)5/h6-8,10H,9H2,1-5H3,(H,17,19). The van der Waals surface area contributed by atoms with Crippen molar-refractivity contribution >= 4 is 12.1 Å². The Morgan fingerprint density at radius 1 is 1.33 bits per heavy atom. The largest absolute Gasteiger partial charge is 0.459 e. The van der Waals surface area contributed by atoms with Gasteiger partial charge in [-0.3, -0.25) is 4.98 Å². The number of hydrogen-bond acceptors (Lipinski definition) is 5. The smallest absolute Gasteiger partial charge is 0.407 e. The van der Waals surface area contributed by atoms with Gasteiger partial charge in [-0.1, -0.05) is 0 Å². The Bertz CT molecular complexity index is 507. The molecular weight excluding hydrogens is 272 g/mol. The normalized spacial score (nSPS) is 11.1. The zero-order valence-corrected chi connectivity index (χ0v) is 13.1. The van der Waals surface area contributed by atoms with Crippen molar-refractivity contribution in [2.75, 3.05) is 0 Å². The number of pyridine rings is 1. The minimum absolute atomic E-state index is 0.0955. The number of hydrogen-bond donors (Lipinski definition) is 1. The fraction of sp³-hybridized carbons (Fsp3) is 0.533. The topological polar surface area (TPSA) is 77.5 Å². The molecule has 0 bridgehead atoms. The summed E-state index contributed by atoms with van der Waals surface area (Å²) in [5.74, 6) is -0.459. The van der Waals surface area contributed by atoms with Crippen LogP contribution in [0.3, 0.4) is 0 Å². The molecule has 1 N–H and O–H groups in total. The van der Waals surface area contributed by atoms with Crippen LogP contribution in [0.15, 0.2) is 18.3 Å². The third kappa shape index (κ3) is 6.25. The highest BCUT2D eigenvalue weighted by atomic mass is 16.6. The molecule has 0 aromatic carbocycles. The van der Waals surface area contributed by atoms with Crippen molar-refractivity contribution in [2.24, 2.45) is 0 Å².